The lowest BCUT2D eigenvalue weighted by Crippen LogP contribution is -2.45. The fourth-order valence-electron chi connectivity index (χ4n) is 2.72. The van der Waals surface area contributed by atoms with Crippen molar-refractivity contribution in [3.05, 3.63) is 0 Å². The van der Waals surface area contributed by atoms with E-state index in [0.717, 1.165) is 5.92 Å². The zero-order valence-electron chi connectivity index (χ0n) is 9.44. The van der Waals surface area contributed by atoms with Crippen LogP contribution in [0.5, 0.6) is 0 Å². The lowest BCUT2D eigenvalue weighted by Gasteiger charge is -2.41. The molecule has 0 amide bonds. The van der Waals surface area contributed by atoms with Crippen LogP contribution in [-0.2, 0) is 0 Å². The molecule has 0 aromatic carbocycles. The summed E-state index contributed by atoms with van der Waals surface area (Å²) in [7, 11) is 1.22. The van der Waals surface area contributed by atoms with Crippen molar-refractivity contribution >= 4 is 10.4 Å². The highest BCUT2D eigenvalue weighted by atomic mass is 28.2. The Balaban J connectivity index is 2.82. The van der Waals surface area contributed by atoms with Crippen LogP contribution in [0.1, 0.15) is 41.0 Å². The molecule has 0 radical (unpaired) electrons. The Morgan fingerprint density at radius 3 is 2.00 bits per heavy atom. The summed E-state index contributed by atoms with van der Waals surface area (Å²) in [6.07, 6.45) is 1.39. The molecule has 1 rings (SSSR count). The van der Waals surface area contributed by atoms with Crippen LogP contribution in [0, 0.1) is 11.3 Å². The van der Waals surface area contributed by atoms with Gasteiger partial charge in [0.2, 0.25) is 0 Å². The van der Waals surface area contributed by atoms with E-state index in [1.54, 1.807) is 0 Å². The molecular weight excluding hydrogens is 162 g/mol. The number of hydrogen-bond donors (Lipinski definition) is 0. The molecule has 2 heteroatoms. The molecule has 0 saturated carbocycles. The number of nitrogens with zero attached hydrogens (tertiary/aromatic N) is 1. The molecule has 0 aromatic rings. The van der Waals surface area contributed by atoms with Crippen LogP contribution in [-0.4, -0.2) is 27.1 Å². The first-order chi connectivity index (χ1) is 5.26. The van der Waals surface area contributed by atoms with Crippen LogP contribution in [0.3, 0.4) is 0 Å². The van der Waals surface area contributed by atoms with E-state index in [2.05, 4.69) is 39.2 Å². The Morgan fingerprint density at radius 1 is 1.33 bits per heavy atom. The van der Waals surface area contributed by atoms with Crippen LogP contribution in [0.4, 0.5) is 0 Å². The van der Waals surface area contributed by atoms with Crippen molar-refractivity contribution in [2.45, 2.75) is 46.6 Å². The van der Waals surface area contributed by atoms with Gasteiger partial charge in [0.1, 0.15) is 0 Å². The van der Waals surface area contributed by atoms with Gasteiger partial charge in [0.05, 0.1) is 10.4 Å². The van der Waals surface area contributed by atoms with Crippen molar-refractivity contribution in [1.82, 2.24) is 4.57 Å². The Bertz CT molecular complexity index is 169. The Kier molecular flexibility index (Phi) is 2.43. The zero-order valence-corrected chi connectivity index (χ0v) is 11.4. The van der Waals surface area contributed by atoms with Crippen molar-refractivity contribution in [2.24, 2.45) is 11.3 Å². The van der Waals surface area contributed by atoms with E-state index in [1.165, 1.54) is 23.4 Å². The minimum absolute atomic E-state index is 0.449. The van der Waals surface area contributed by atoms with Crippen molar-refractivity contribution in [1.29, 1.82) is 0 Å². The molecule has 1 nitrogen and oxygen atoms in total. The maximum Gasteiger partial charge on any atom is 0.0791 e. The molecular formula is C10H23NSi. The van der Waals surface area contributed by atoms with E-state index in [4.69, 9.17) is 0 Å². The van der Waals surface area contributed by atoms with Gasteiger partial charge in [-0.2, -0.15) is 0 Å². The van der Waals surface area contributed by atoms with E-state index in [9.17, 15) is 0 Å². The molecule has 0 aliphatic carbocycles. The van der Waals surface area contributed by atoms with Crippen LogP contribution < -0.4 is 0 Å². The molecule has 0 bridgehead atoms. The SMILES string of the molecule is CC(C)(C)[C@H]1CCN([SiH3])C1(C)C. The van der Waals surface area contributed by atoms with Gasteiger partial charge in [-0.1, -0.05) is 20.8 Å². The van der Waals surface area contributed by atoms with E-state index >= 15 is 0 Å². The first-order valence-corrected chi connectivity index (χ1v) is 5.87. The predicted molar refractivity (Wildman–Crippen MR) is 58.3 cm³/mol. The second kappa shape index (κ2) is 2.84. The minimum atomic E-state index is 0.449. The van der Waals surface area contributed by atoms with Gasteiger partial charge in [0.15, 0.2) is 0 Å². The van der Waals surface area contributed by atoms with Gasteiger partial charge in [-0.3, -0.25) is 0 Å². The third-order valence-electron chi connectivity index (χ3n) is 3.64. The standard InChI is InChI=1S/C10H23NSi/c1-9(2,3)8-6-7-11(12)10(8,4)5/h8H,6-7H2,1-5,12H3/t8-/m1/s1. The highest BCUT2D eigenvalue weighted by Crippen LogP contribution is 2.43. The van der Waals surface area contributed by atoms with Gasteiger partial charge >= 0.3 is 0 Å². The zero-order chi connectivity index (χ0) is 9.57. The monoisotopic (exact) mass is 185 g/mol. The Hall–Kier alpha value is 0.177. The van der Waals surface area contributed by atoms with Gasteiger partial charge in [-0.05, 0) is 38.1 Å². The Labute approximate surface area is 80.0 Å². The quantitative estimate of drug-likeness (QED) is 0.516. The first kappa shape index (κ1) is 10.3. The summed E-state index contributed by atoms with van der Waals surface area (Å²) in [6.45, 7) is 13.3. The van der Waals surface area contributed by atoms with E-state index in [0.29, 0.717) is 11.0 Å². The lowest BCUT2D eigenvalue weighted by molar-refractivity contribution is 0.129. The maximum atomic E-state index is 2.63. The molecule has 0 aromatic heterocycles. The summed E-state index contributed by atoms with van der Waals surface area (Å²) in [4.78, 5) is 0. The van der Waals surface area contributed by atoms with Crippen LogP contribution in [0.25, 0.3) is 0 Å². The molecule has 0 N–H and O–H groups in total. The summed E-state index contributed by atoms with van der Waals surface area (Å²) in [5.41, 5.74) is 0.924. The molecule has 72 valence electrons. The molecule has 1 heterocycles. The fraction of sp³-hybridized carbons (Fsp3) is 1.00. The molecule has 1 aliphatic rings. The average molecular weight is 185 g/mol. The second-order valence-electron chi connectivity index (χ2n) is 5.78. The first-order valence-electron chi connectivity index (χ1n) is 4.97. The molecule has 1 fully saturated rings. The molecule has 1 saturated heterocycles. The molecule has 1 aliphatic heterocycles. The van der Waals surface area contributed by atoms with E-state index < -0.39 is 0 Å². The van der Waals surface area contributed by atoms with Gasteiger partial charge in [0.25, 0.3) is 0 Å². The predicted octanol–water partition coefficient (Wildman–Crippen LogP) is 1.41. The van der Waals surface area contributed by atoms with Crippen molar-refractivity contribution < 1.29 is 0 Å². The normalized spacial score (nSPS) is 31.2. The number of rotatable bonds is 0. The molecule has 12 heavy (non-hydrogen) atoms. The largest absolute Gasteiger partial charge is 0.327 e. The number of hydrogen-bond acceptors (Lipinski definition) is 1. The van der Waals surface area contributed by atoms with Crippen molar-refractivity contribution in [2.75, 3.05) is 6.54 Å². The topological polar surface area (TPSA) is 3.24 Å². The maximum absolute atomic E-state index is 2.63. The Morgan fingerprint density at radius 2 is 1.83 bits per heavy atom. The highest BCUT2D eigenvalue weighted by molar-refractivity contribution is 6.05. The second-order valence-corrected chi connectivity index (χ2v) is 6.86. The van der Waals surface area contributed by atoms with Gasteiger partial charge in [0, 0.05) is 5.54 Å². The van der Waals surface area contributed by atoms with Crippen LogP contribution in [0.15, 0.2) is 0 Å². The van der Waals surface area contributed by atoms with Crippen LogP contribution in [0.2, 0.25) is 0 Å². The van der Waals surface area contributed by atoms with Crippen molar-refractivity contribution in [3.8, 4) is 0 Å². The smallest absolute Gasteiger partial charge is 0.0791 e. The van der Waals surface area contributed by atoms with Gasteiger partial charge in [-0.15, -0.1) is 0 Å². The summed E-state index contributed by atoms with van der Waals surface area (Å²) in [5.74, 6) is 0.863. The molecule has 0 spiro atoms. The van der Waals surface area contributed by atoms with E-state index in [1.807, 2.05) is 0 Å². The van der Waals surface area contributed by atoms with Crippen molar-refractivity contribution in [3.63, 3.8) is 0 Å². The summed E-state index contributed by atoms with van der Waals surface area (Å²) in [6, 6.07) is 0. The minimum Gasteiger partial charge on any atom is -0.327 e. The van der Waals surface area contributed by atoms with E-state index in [-0.39, 0.29) is 0 Å². The summed E-state index contributed by atoms with van der Waals surface area (Å²) in [5, 5.41) is 0. The molecule has 1 atom stereocenters. The summed E-state index contributed by atoms with van der Waals surface area (Å²) >= 11 is 0. The summed E-state index contributed by atoms with van der Waals surface area (Å²) < 4.78 is 2.63. The van der Waals surface area contributed by atoms with Gasteiger partial charge < -0.3 is 4.57 Å². The lowest BCUT2D eigenvalue weighted by atomic mass is 9.71. The average Bonchev–Trinajstić information content (AvgIpc) is 2.06. The third-order valence-corrected chi connectivity index (χ3v) is 5.23. The highest BCUT2D eigenvalue weighted by Gasteiger charge is 2.44. The molecule has 0 unspecified atom stereocenters. The van der Waals surface area contributed by atoms with Gasteiger partial charge in [-0.25, -0.2) is 0 Å². The third kappa shape index (κ3) is 1.60. The fourth-order valence-corrected chi connectivity index (χ4v) is 3.29. The van der Waals surface area contributed by atoms with Crippen LogP contribution >= 0.6 is 0 Å².